The topological polar surface area (TPSA) is 71.5 Å². The van der Waals surface area contributed by atoms with Crippen LogP contribution in [0.25, 0.3) is 0 Å². The average molecular weight is 412 g/mol. The molecule has 148 valence electrons. The van der Waals surface area contributed by atoms with Crippen LogP contribution in [0.1, 0.15) is 41.4 Å². The van der Waals surface area contributed by atoms with E-state index in [0.717, 1.165) is 6.42 Å². The number of rotatable bonds is 6. The van der Waals surface area contributed by atoms with E-state index < -0.39 is 0 Å². The van der Waals surface area contributed by atoms with Gasteiger partial charge in [-0.05, 0) is 49.8 Å². The Morgan fingerprint density at radius 2 is 2.04 bits per heavy atom. The Morgan fingerprint density at radius 3 is 2.78 bits per heavy atom. The molecule has 5 nitrogen and oxygen atoms in total. The maximum absolute atomic E-state index is 12.5. The van der Waals surface area contributed by atoms with Crippen molar-refractivity contribution in [3.05, 3.63) is 53.5 Å². The Bertz CT molecular complexity index is 776. The van der Waals surface area contributed by atoms with E-state index in [9.17, 15) is 4.79 Å². The van der Waals surface area contributed by atoms with Gasteiger partial charge in [-0.2, -0.15) is 0 Å². The van der Waals surface area contributed by atoms with E-state index in [1.54, 1.807) is 12.3 Å². The lowest BCUT2D eigenvalue weighted by atomic mass is 10.1. The zero-order valence-electron chi connectivity index (χ0n) is 15.4. The summed E-state index contributed by atoms with van der Waals surface area (Å²) in [4.78, 5) is 14.8. The third kappa shape index (κ3) is 4.60. The van der Waals surface area contributed by atoms with Gasteiger partial charge in [0.2, 0.25) is 0 Å². The van der Waals surface area contributed by atoms with Gasteiger partial charge in [-0.25, -0.2) is 0 Å². The van der Waals surface area contributed by atoms with Crippen molar-refractivity contribution in [2.45, 2.75) is 44.8 Å². The number of halogens is 2. The van der Waals surface area contributed by atoms with Crippen LogP contribution in [-0.4, -0.2) is 24.5 Å². The molecule has 0 bridgehead atoms. The molecule has 4 rings (SSSR count). The summed E-state index contributed by atoms with van der Waals surface area (Å²) in [5.41, 5.74) is 9.27. The number of hydrogen-bond donors (Lipinski definition) is 2. The summed E-state index contributed by atoms with van der Waals surface area (Å²) in [5, 5.41) is 2.96. The summed E-state index contributed by atoms with van der Waals surface area (Å²) in [5.74, 6) is 1.19. The van der Waals surface area contributed by atoms with Gasteiger partial charge in [-0.15, -0.1) is 24.8 Å². The summed E-state index contributed by atoms with van der Waals surface area (Å²) in [6.45, 7) is 3.33. The van der Waals surface area contributed by atoms with Gasteiger partial charge in [0.1, 0.15) is 5.76 Å². The highest BCUT2D eigenvalue weighted by Crippen LogP contribution is 2.34. The smallest absolute Gasteiger partial charge is 0.254 e. The summed E-state index contributed by atoms with van der Waals surface area (Å²) >= 11 is 0. The van der Waals surface area contributed by atoms with Crippen LogP contribution >= 0.6 is 24.8 Å². The summed E-state index contributed by atoms with van der Waals surface area (Å²) in [7, 11) is 0. The summed E-state index contributed by atoms with van der Waals surface area (Å²) < 4.78 is 5.64. The zero-order valence-corrected chi connectivity index (χ0v) is 17.0. The molecule has 0 radical (unpaired) electrons. The number of fused-ring (bicyclic) bond motifs is 1. The predicted molar refractivity (Wildman–Crippen MR) is 112 cm³/mol. The van der Waals surface area contributed by atoms with Crippen molar-refractivity contribution in [3.63, 3.8) is 0 Å². The monoisotopic (exact) mass is 411 g/mol. The van der Waals surface area contributed by atoms with Gasteiger partial charge >= 0.3 is 0 Å². The van der Waals surface area contributed by atoms with Crippen molar-refractivity contribution >= 4 is 36.4 Å². The van der Waals surface area contributed by atoms with Crippen molar-refractivity contribution in [2.24, 2.45) is 11.7 Å². The second kappa shape index (κ2) is 9.00. The number of nitrogens with zero attached hydrogens (tertiary/aromatic N) is 1. The number of hydrogen-bond acceptors (Lipinski definition) is 4. The first kappa shape index (κ1) is 21.6. The largest absolute Gasteiger partial charge is 0.467 e. The number of furan rings is 1. The van der Waals surface area contributed by atoms with E-state index in [2.05, 4.69) is 41.4 Å². The fourth-order valence-electron chi connectivity index (χ4n) is 3.69. The van der Waals surface area contributed by atoms with E-state index in [0.29, 0.717) is 36.4 Å². The Hall–Kier alpha value is -1.69. The van der Waals surface area contributed by atoms with Crippen LogP contribution in [0.4, 0.5) is 5.69 Å². The van der Waals surface area contributed by atoms with E-state index >= 15 is 0 Å². The molecular formula is C20H27Cl2N3O2. The number of anilines is 1. The number of para-hydroxylation sites is 1. The van der Waals surface area contributed by atoms with E-state index in [4.69, 9.17) is 10.2 Å². The average Bonchev–Trinajstić information content (AvgIpc) is 3.28. The Morgan fingerprint density at radius 1 is 1.30 bits per heavy atom. The number of nitrogens with one attached hydrogen (secondary N) is 1. The third-order valence-corrected chi connectivity index (χ3v) is 5.38. The van der Waals surface area contributed by atoms with E-state index in [-0.39, 0.29) is 36.8 Å². The van der Waals surface area contributed by atoms with Crippen LogP contribution in [0, 0.1) is 5.92 Å². The standard InChI is InChI=1S/C20H25N3O2.2ClH/c1-13-10-15-4-2-3-5-18(15)23(13)12-19-16(8-9-25-19)20(24)22-11-17(21)14-6-7-14;;/h2-5,8-9,13-14,17H,6-7,10-12,21H2,1H3,(H,22,24);2*1H. The van der Waals surface area contributed by atoms with Gasteiger partial charge in [0.15, 0.2) is 0 Å². The lowest BCUT2D eigenvalue weighted by Gasteiger charge is -2.24. The van der Waals surface area contributed by atoms with Gasteiger partial charge in [0, 0.05) is 24.3 Å². The van der Waals surface area contributed by atoms with Gasteiger partial charge in [0.25, 0.3) is 5.91 Å². The molecule has 1 amide bonds. The van der Waals surface area contributed by atoms with Crippen LogP contribution < -0.4 is 16.0 Å². The van der Waals surface area contributed by atoms with E-state index in [1.165, 1.54) is 24.1 Å². The molecule has 2 aromatic rings. The first-order valence-electron chi connectivity index (χ1n) is 9.08. The van der Waals surface area contributed by atoms with Gasteiger partial charge < -0.3 is 20.4 Å². The number of benzene rings is 1. The SMILES string of the molecule is CC1Cc2ccccc2N1Cc1occc1C(=O)NCC(N)C1CC1.Cl.Cl. The molecule has 3 N–H and O–H groups in total. The van der Waals surface area contributed by atoms with Gasteiger partial charge in [-0.1, -0.05) is 18.2 Å². The molecule has 1 aliphatic carbocycles. The molecular weight excluding hydrogens is 385 g/mol. The van der Waals surface area contributed by atoms with Crippen LogP contribution in [0.2, 0.25) is 0 Å². The van der Waals surface area contributed by atoms with E-state index in [1.807, 2.05) is 0 Å². The van der Waals surface area contributed by atoms with Crippen LogP contribution in [-0.2, 0) is 13.0 Å². The zero-order chi connectivity index (χ0) is 17.4. The Kier molecular flexibility index (Phi) is 7.20. The van der Waals surface area contributed by atoms with Crippen LogP contribution in [0.3, 0.4) is 0 Å². The maximum Gasteiger partial charge on any atom is 0.254 e. The van der Waals surface area contributed by atoms with Crippen molar-refractivity contribution in [3.8, 4) is 0 Å². The third-order valence-electron chi connectivity index (χ3n) is 5.38. The van der Waals surface area contributed by atoms with Crippen molar-refractivity contribution in [2.75, 3.05) is 11.4 Å². The second-order valence-electron chi connectivity index (χ2n) is 7.28. The quantitative estimate of drug-likeness (QED) is 0.762. The Balaban J connectivity index is 0.00000131. The number of amides is 1. The molecule has 0 saturated heterocycles. The molecule has 0 spiro atoms. The van der Waals surface area contributed by atoms with Gasteiger partial charge in [0.05, 0.1) is 18.4 Å². The predicted octanol–water partition coefficient (Wildman–Crippen LogP) is 3.54. The highest BCUT2D eigenvalue weighted by molar-refractivity contribution is 5.95. The molecule has 1 aromatic carbocycles. The van der Waals surface area contributed by atoms with Crippen LogP contribution in [0.5, 0.6) is 0 Å². The number of nitrogens with two attached hydrogens (primary N) is 1. The van der Waals surface area contributed by atoms with Crippen LogP contribution in [0.15, 0.2) is 41.0 Å². The fraction of sp³-hybridized carbons (Fsp3) is 0.450. The molecule has 2 heterocycles. The molecule has 1 fully saturated rings. The molecule has 1 saturated carbocycles. The molecule has 1 aromatic heterocycles. The van der Waals surface area contributed by atoms with Crippen molar-refractivity contribution < 1.29 is 9.21 Å². The molecule has 7 heteroatoms. The molecule has 2 unspecified atom stereocenters. The maximum atomic E-state index is 12.5. The summed E-state index contributed by atoms with van der Waals surface area (Å²) in [6, 6.07) is 10.6. The number of carbonyl (C=O) groups is 1. The lowest BCUT2D eigenvalue weighted by Crippen LogP contribution is -2.39. The van der Waals surface area contributed by atoms with Crippen molar-refractivity contribution in [1.82, 2.24) is 5.32 Å². The molecule has 2 atom stereocenters. The minimum atomic E-state index is -0.0972. The molecule has 2 aliphatic rings. The highest BCUT2D eigenvalue weighted by atomic mass is 35.5. The fourth-order valence-corrected chi connectivity index (χ4v) is 3.69. The lowest BCUT2D eigenvalue weighted by molar-refractivity contribution is 0.0948. The number of carbonyl (C=O) groups excluding carboxylic acids is 1. The first-order valence-corrected chi connectivity index (χ1v) is 9.08. The summed E-state index contributed by atoms with van der Waals surface area (Å²) in [6.07, 6.45) is 4.98. The first-order chi connectivity index (χ1) is 12.1. The normalized spacial score (nSPS) is 18.9. The minimum absolute atomic E-state index is 0. The highest BCUT2D eigenvalue weighted by Gasteiger charge is 2.30. The van der Waals surface area contributed by atoms with Crippen molar-refractivity contribution in [1.29, 1.82) is 0 Å². The second-order valence-corrected chi connectivity index (χ2v) is 7.28. The van der Waals surface area contributed by atoms with Gasteiger partial charge in [-0.3, -0.25) is 4.79 Å². The minimum Gasteiger partial charge on any atom is -0.467 e. The Labute approximate surface area is 172 Å². The molecule has 1 aliphatic heterocycles. The molecule has 27 heavy (non-hydrogen) atoms.